The van der Waals surface area contributed by atoms with Crippen LogP contribution in [0.15, 0.2) is 11.6 Å². The van der Waals surface area contributed by atoms with Gasteiger partial charge >= 0.3 is 0 Å². The molecule has 0 spiro atoms. The quantitative estimate of drug-likeness (QED) is 0.494. The maximum Gasteiger partial charge on any atom is 0.0607 e. The highest BCUT2D eigenvalue weighted by Crippen LogP contribution is 2.34. The summed E-state index contributed by atoms with van der Waals surface area (Å²) in [5.41, 5.74) is 7.38. The van der Waals surface area contributed by atoms with Gasteiger partial charge in [0.25, 0.3) is 0 Å². The van der Waals surface area contributed by atoms with Gasteiger partial charge in [0.2, 0.25) is 0 Å². The van der Waals surface area contributed by atoms with Crippen molar-refractivity contribution in [3.63, 3.8) is 0 Å². The van der Waals surface area contributed by atoms with Crippen LogP contribution in [0.5, 0.6) is 0 Å². The van der Waals surface area contributed by atoms with Crippen LogP contribution >= 0.6 is 0 Å². The van der Waals surface area contributed by atoms with Gasteiger partial charge in [-0.15, -0.1) is 0 Å². The van der Waals surface area contributed by atoms with Gasteiger partial charge in [-0.2, -0.15) is 0 Å². The van der Waals surface area contributed by atoms with Crippen LogP contribution in [0.3, 0.4) is 0 Å². The third-order valence-corrected chi connectivity index (χ3v) is 4.55. The van der Waals surface area contributed by atoms with Gasteiger partial charge in [0, 0.05) is 25.6 Å². The number of nitrogens with two attached hydrogens (primary N) is 1. The number of hydrogen-bond donors (Lipinski definition) is 4. The van der Waals surface area contributed by atoms with Crippen molar-refractivity contribution in [2.45, 2.75) is 19.0 Å². The second-order valence-corrected chi connectivity index (χ2v) is 5.62. The van der Waals surface area contributed by atoms with E-state index in [2.05, 4.69) is 22.0 Å². The molecule has 0 amide bonds. The SMILES string of the molecule is NCC1C=C(C2CNC3NCCCC32)CNC1. The Morgan fingerprint density at radius 3 is 3.12 bits per heavy atom. The molecule has 5 N–H and O–H groups in total. The molecule has 3 heterocycles. The summed E-state index contributed by atoms with van der Waals surface area (Å²) in [5.74, 6) is 2.04. The Hall–Kier alpha value is -0.420. The van der Waals surface area contributed by atoms with Crippen LogP contribution in [0.2, 0.25) is 0 Å². The lowest BCUT2D eigenvalue weighted by atomic mass is 9.80. The van der Waals surface area contributed by atoms with E-state index in [9.17, 15) is 0 Å². The third-order valence-electron chi connectivity index (χ3n) is 4.55. The molecule has 4 nitrogen and oxygen atoms in total. The minimum absolute atomic E-state index is 0.536. The molecule has 2 saturated heterocycles. The van der Waals surface area contributed by atoms with Crippen LogP contribution in [0, 0.1) is 17.8 Å². The van der Waals surface area contributed by atoms with Crippen LogP contribution in [-0.2, 0) is 0 Å². The Balaban J connectivity index is 1.73. The summed E-state index contributed by atoms with van der Waals surface area (Å²) in [6.45, 7) is 5.18. The van der Waals surface area contributed by atoms with Crippen LogP contribution in [0.25, 0.3) is 0 Å². The lowest BCUT2D eigenvalue weighted by molar-refractivity contribution is 0.268. The van der Waals surface area contributed by atoms with Crippen molar-refractivity contribution < 1.29 is 0 Å². The zero-order chi connectivity index (χ0) is 11.7. The van der Waals surface area contributed by atoms with Gasteiger partial charge in [0.05, 0.1) is 6.17 Å². The first-order valence-corrected chi connectivity index (χ1v) is 6.96. The molecular formula is C13H24N4. The molecule has 0 aromatic carbocycles. The van der Waals surface area contributed by atoms with Gasteiger partial charge in [-0.1, -0.05) is 11.6 Å². The van der Waals surface area contributed by atoms with Crippen LogP contribution in [0.4, 0.5) is 0 Å². The smallest absolute Gasteiger partial charge is 0.0607 e. The van der Waals surface area contributed by atoms with Crippen LogP contribution in [0.1, 0.15) is 12.8 Å². The van der Waals surface area contributed by atoms with E-state index in [4.69, 9.17) is 5.73 Å². The van der Waals surface area contributed by atoms with E-state index >= 15 is 0 Å². The van der Waals surface area contributed by atoms with E-state index in [0.717, 1.165) is 38.0 Å². The molecule has 0 bridgehead atoms. The molecular weight excluding hydrogens is 212 g/mol. The number of fused-ring (bicyclic) bond motifs is 1. The Bertz CT molecular complexity index is 302. The average Bonchev–Trinajstić information content (AvgIpc) is 2.82. The topological polar surface area (TPSA) is 62.1 Å². The molecule has 3 aliphatic heterocycles. The molecule has 4 unspecified atom stereocenters. The molecule has 4 heteroatoms. The predicted molar refractivity (Wildman–Crippen MR) is 69.5 cm³/mol. The Labute approximate surface area is 103 Å². The van der Waals surface area contributed by atoms with Crippen molar-refractivity contribution in [1.29, 1.82) is 0 Å². The van der Waals surface area contributed by atoms with Crippen molar-refractivity contribution in [3.05, 3.63) is 11.6 Å². The number of rotatable bonds is 2. The number of nitrogens with one attached hydrogen (secondary N) is 3. The summed E-state index contributed by atoms with van der Waals surface area (Å²) in [5, 5.41) is 10.7. The highest BCUT2D eigenvalue weighted by atomic mass is 15.2. The lowest BCUT2D eigenvalue weighted by Gasteiger charge is -2.32. The minimum Gasteiger partial charge on any atom is -0.330 e. The predicted octanol–water partition coefficient (Wildman–Crippen LogP) is -0.364. The summed E-state index contributed by atoms with van der Waals surface area (Å²) >= 11 is 0. The Morgan fingerprint density at radius 1 is 1.29 bits per heavy atom. The second kappa shape index (κ2) is 5.06. The number of hydrogen-bond acceptors (Lipinski definition) is 4. The van der Waals surface area contributed by atoms with Crippen LogP contribution in [-0.4, -0.2) is 38.9 Å². The Morgan fingerprint density at radius 2 is 2.24 bits per heavy atom. The van der Waals surface area contributed by atoms with Gasteiger partial charge in [-0.05, 0) is 37.8 Å². The first-order chi connectivity index (χ1) is 8.38. The maximum atomic E-state index is 5.78. The van der Waals surface area contributed by atoms with Gasteiger partial charge in [-0.3, -0.25) is 0 Å². The van der Waals surface area contributed by atoms with Crippen molar-refractivity contribution in [3.8, 4) is 0 Å². The standard InChI is InChI=1S/C13H24N4/c14-5-9-4-10(7-15-6-9)12-8-17-13-11(12)2-1-3-16-13/h4,9,11-13,15-17H,1-3,5-8,14H2. The van der Waals surface area contributed by atoms with E-state index < -0.39 is 0 Å². The van der Waals surface area contributed by atoms with Gasteiger partial charge in [0.1, 0.15) is 0 Å². The Kier molecular flexibility index (Phi) is 3.47. The average molecular weight is 236 g/mol. The third kappa shape index (κ3) is 2.27. The summed E-state index contributed by atoms with van der Waals surface area (Å²) in [6.07, 6.45) is 5.67. The van der Waals surface area contributed by atoms with Crippen molar-refractivity contribution in [2.75, 3.05) is 32.7 Å². The maximum absolute atomic E-state index is 5.78. The van der Waals surface area contributed by atoms with E-state index in [1.165, 1.54) is 19.4 Å². The highest BCUT2D eigenvalue weighted by Gasteiger charge is 2.39. The molecule has 3 aliphatic rings. The van der Waals surface area contributed by atoms with E-state index in [1.54, 1.807) is 5.57 Å². The van der Waals surface area contributed by atoms with Gasteiger partial charge in [-0.25, -0.2) is 0 Å². The number of piperidine rings is 1. The molecule has 0 saturated carbocycles. The van der Waals surface area contributed by atoms with E-state index in [1.807, 2.05) is 0 Å². The largest absolute Gasteiger partial charge is 0.330 e. The lowest BCUT2D eigenvalue weighted by Crippen LogP contribution is -2.46. The van der Waals surface area contributed by atoms with E-state index in [-0.39, 0.29) is 0 Å². The molecule has 2 fully saturated rings. The molecule has 0 aromatic heterocycles. The summed E-state index contributed by atoms with van der Waals surface area (Å²) < 4.78 is 0. The summed E-state index contributed by atoms with van der Waals surface area (Å²) in [4.78, 5) is 0. The zero-order valence-electron chi connectivity index (χ0n) is 10.4. The van der Waals surface area contributed by atoms with Crippen molar-refractivity contribution in [2.24, 2.45) is 23.5 Å². The molecule has 0 radical (unpaired) electrons. The van der Waals surface area contributed by atoms with Crippen molar-refractivity contribution >= 4 is 0 Å². The fraction of sp³-hybridized carbons (Fsp3) is 0.846. The highest BCUT2D eigenvalue weighted by molar-refractivity contribution is 5.19. The first-order valence-electron chi connectivity index (χ1n) is 6.96. The second-order valence-electron chi connectivity index (χ2n) is 5.62. The first kappa shape index (κ1) is 11.7. The summed E-state index contributed by atoms with van der Waals surface area (Å²) in [6, 6.07) is 0. The molecule has 96 valence electrons. The van der Waals surface area contributed by atoms with Crippen LogP contribution < -0.4 is 21.7 Å². The molecule has 3 rings (SSSR count). The fourth-order valence-corrected chi connectivity index (χ4v) is 3.61. The van der Waals surface area contributed by atoms with Gasteiger partial charge in [0.15, 0.2) is 0 Å². The van der Waals surface area contributed by atoms with Crippen molar-refractivity contribution in [1.82, 2.24) is 16.0 Å². The fourth-order valence-electron chi connectivity index (χ4n) is 3.61. The van der Waals surface area contributed by atoms with Gasteiger partial charge < -0.3 is 21.7 Å². The molecule has 4 atom stereocenters. The van der Waals surface area contributed by atoms with E-state index in [0.29, 0.717) is 12.1 Å². The molecule has 0 aliphatic carbocycles. The molecule has 17 heavy (non-hydrogen) atoms. The monoisotopic (exact) mass is 236 g/mol. The minimum atomic E-state index is 0.536. The normalized spacial score (nSPS) is 42.1. The summed E-state index contributed by atoms with van der Waals surface area (Å²) in [7, 11) is 0. The molecule has 0 aromatic rings. The zero-order valence-corrected chi connectivity index (χ0v) is 10.4.